The first kappa shape index (κ1) is 27.9. The van der Waals surface area contributed by atoms with Gasteiger partial charge in [-0.05, 0) is 41.5 Å². The monoisotopic (exact) mass is 476 g/mol. The zero-order valence-electron chi connectivity index (χ0n) is 19.9. The first-order valence-electron chi connectivity index (χ1n) is 10.3. The van der Waals surface area contributed by atoms with Gasteiger partial charge in [0.25, 0.3) is 10.1 Å². The van der Waals surface area contributed by atoms with Crippen molar-refractivity contribution in [2.75, 3.05) is 32.6 Å². The van der Waals surface area contributed by atoms with E-state index in [-0.39, 0.29) is 25.3 Å². The lowest BCUT2D eigenvalue weighted by molar-refractivity contribution is 0.0193. The molecule has 1 N–H and O–H groups in total. The smallest absolute Gasteiger partial charge is 0.411 e. The Morgan fingerprint density at radius 3 is 1.69 bits per heavy atom. The van der Waals surface area contributed by atoms with E-state index < -0.39 is 33.5 Å². The summed E-state index contributed by atoms with van der Waals surface area (Å²) < 4.78 is 36.9. The number of hydrogen-bond donors (Lipinski definition) is 1. The summed E-state index contributed by atoms with van der Waals surface area (Å²) in [5, 5.41) is 8.98. The summed E-state index contributed by atoms with van der Waals surface area (Å²) in [5.74, 6) is 0. The summed E-state index contributed by atoms with van der Waals surface area (Å²) in [6.07, 6.45) is 7.30. The van der Waals surface area contributed by atoms with Gasteiger partial charge in [-0.2, -0.15) is 8.42 Å². The second-order valence-electron chi connectivity index (χ2n) is 9.43. The van der Waals surface area contributed by atoms with E-state index in [9.17, 15) is 18.0 Å². The minimum Gasteiger partial charge on any atom is -0.444 e. The zero-order valence-corrected chi connectivity index (χ0v) is 20.7. The third-order valence-corrected chi connectivity index (χ3v) is 4.58. The van der Waals surface area contributed by atoms with Gasteiger partial charge in [-0.15, -0.1) is 0 Å². The van der Waals surface area contributed by atoms with Crippen LogP contribution in [0.15, 0.2) is 24.3 Å². The fraction of sp³-hybridized carbons (Fsp3) is 0.714. The number of ether oxygens (including phenoxy) is 2. The van der Waals surface area contributed by atoms with E-state index in [2.05, 4.69) is 0 Å². The molecule has 0 bridgehead atoms. The van der Waals surface area contributed by atoms with E-state index in [1.165, 1.54) is 9.80 Å². The molecule has 2 amide bonds. The van der Waals surface area contributed by atoms with Crippen molar-refractivity contribution in [3.63, 3.8) is 0 Å². The lowest BCUT2D eigenvalue weighted by atomic mass is 10.2. The molecule has 0 aromatic heterocycles. The van der Waals surface area contributed by atoms with Crippen molar-refractivity contribution in [3.05, 3.63) is 24.3 Å². The third-order valence-electron chi connectivity index (χ3n) is 4.02. The second-order valence-corrected chi connectivity index (χ2v) is 11.1. The molecule has 184 valence electrons. The van der Waals surface area contributed by atoms with Gasteiger partial charge in [0.1, 0.15) is 11.2 Å². The molecule has 2 rings (SSSR count). The Morgan fingerprint density at radius 1 is 0.906 bits per heavy atom. The molecule has 0 aromatic carbocycles. The van der Waals surface area contributed by atoms with Crippen LogP contribution in [0, 0.1) is 0 Å². The Hall–Kier alpha value is -2.11. The predicted molar refractivity (Wildman–Crippen MR) is 120 cm³/mol. The molecule has 2 atom stereocenters. The second kappa shape index (κ2) is 11.2. The molecule has 2 heterocycles. The highest BCUT2D eigenvalue weighted by Gasteiger charge is 2.30. The highest BCUT2D eigenvalue weighted by molar-refractivity contribution is 7.85. The number of rotatable bonds is 4. The Balaban J connectivity index is 0.000000330. The van der Waals surface area contributed by atoms with Crippen molar-refractivity contribution < 1.29 is 36.8 Å². The normalized spacial score (nSPS) is 20.8. The minimum absolute atomic E-state index is 0.0598. The van der Waals surface area contributed by atoms with Crippen LogP contribution in [0.25, 0.3) is 0 Å². The average Bonchev–Trinajstić information content (AvgIpc) is 3.26. The summed E-state index contributed by atoms with van der Waals surface area (Å²) in [7, 11) is -3.51. The summed E-state index contributed by atoms with van der Waals surface area (Å²) in [5.41, 5.74) is -1.07. The van der Waals surface area contributed by atoms with Gasteiger partial charge in [0.2, 0.25) is 0 Å². The van der Waals surface area contributed by atoms with Crippen molar-refractivity contribution in [1.82, 2.24) is 9.80 Å². The quantitative estimate of drug-likeness (QED) is 0.484. The number of nitrogens with zero attached hydrogens (tertiary/aromatic N) is 2. The van der Waals surface area contributed by atoms with Gasteiger partial charge in [0, 0.05) is 13.1 Å². The fourth-order valence-electron chi connectivity index (χ4n) is 2.70. The first-order valence-corrected chi connectivity index (χ1v) is 12.1. The minimum atomic E-state index is -3.51. The molecule has 0 saturated heterocycles. The van der Waals surface area contributed by atoms with Crippen LogP contribution in [0.5, 0.6) is 0 Å². The Bertz CT molecular complexity index is 809. The van der Waals surface area contributed by atoms with Gasteiger partial charge in [-0.1, -0.05) is 24.3 Å². The van der Waals surface area contributed by atoms with Crippen molar-refractivity contribution >= 4 is 22.3 Å². The van der Waals surface area contributed by atoms with Crippen LogP contribution in [0.2, 0.25) is 0 Å². The fourth-order valence-corrected chi connectivity index (χ4v) is 3.09. The molecule has 0 spiro atoms. The Kier molecular flexibility index (Phi) is 9.73. The van der Waals surface area contributed by atoms with E-state index in [0.29, 0.717) is 13.1 Å². The highest BCUT2D eigenvalue weighted by Crippen LogP contribution is 2.17. The van der Waals surface area contributed by atoms with Gasteiger partial charge < -0.3 is 14.6 Å². The van der Waals surface area contributed by atoms with Crippen molar-refractivity contribution in [3.8, 4) is 0 Å². The van der Waals surface area contributed by atoms with Crippen LogP contribution < -0.4 is 0 Å². The largest absolute Gasteiger partial charge is 0.444 e. The standard InChI is InChI=1S/C11H19NO5S.C10H17NO3/c1-11(2,3)17-10(13)12-7-5-6-9(12)8-16-18(4,14)15;1-10(2,3)14-9(13)11-6-4-5-8(11)7-12/h5-6,9H,7-8H2,1-4H3;4-5,8,12H,6-7H2,1-3H3/t9-;8-/m00/s1. The van der Waals surface area contributed by atoms with Crippen LogP contribution in [-0.2, 0) is 23.8 Å². The molecule has 0 radical (unpaired) electrons. The van der Waals surface area contributed by atoms with Gasteiger partial charge in [0.15, 0.2) is 0 Å². The van der Waals surface area contributed by atoms with E-state index in [0.717, 1.165) is 6.26 Å². The first-order chi connectivity index (χ1) is 14.5. The molecular formula is C21H36N2O8S. The lowest BCUT2D eigenvalue weighted by Crippen LogP contribution is -2.42. The van der Waals surface area contributed by atoms with Crippen LogP contribution in [0.3, 0.4) is 0 Å². The molecule has 11 heteroatoms. The summed E-state index contributed by atoms with van der Waals surface area (Å²) >= 11 is 0. The van der Waals surface area contributed by atoms with E-state index in [1.807, 2.05) is 32.9 Å². The molecular weight excluding hydrogens is 440 g/mol. The topological polar surface area (TPSA) is 123 Å². The maximum atomic E-state index is 11.9. The van der Waals surface area contributed by atoms with E-state index >= 15 is 0 Å². The van der Waals surface area contributed by atoms with Gasteiger partial charge in [-0.25, -0.2) is 9.59 Å². The van der Waals surface area contributed by atoms with Crippen LogP contribution in [0.4, 0.5) is 9.59 Å². The number of hydrogen-bond acceptors (Lipinski definition) is 8. The van der Waals surface area contributed by atoms with E-state index in [1.54, 1.807) is 32.9 Å². The Morgan fingerprint density at radius 2 is 1.31 bits per heavy atom. The van der Waals surface area contributed by atoms with Crippen molar-refractivity contribution in [2.24, 2.45) is 0 Å². The molecule has 0 aromatic rings. The lowest BCUT2D eigenvalue weighted by Gasteiger charge is -2.28. The molecule has 0 fully saturated rings. The predicted octanol–water partition coefficient (Wildman–Crippen LogP) is 2.29. The van der Waals surface area contributed by atoms with Crippen molar-refractivity contribution in [1.29, 1.82) is 0 Å². The maximum absolute atomic E-state index is 11.9. The third kappa shape index (κ3) is 10.5. The zero-order chi connectivity index (χ0) is 24.7. The van der Waals surface area contributed by atoms with Crippen LogP contribution in [-0.4, -0.2) is 91.4 Å². The van der Waals surface area contributed by atoms with Gasteiger partial charge in [-0.3, -0.25) is 14.0 Å². The number of carbonyl (C=O) groups is 2. The molecule has 2 aliphatic rings. The molecule has 0 unspecified atom stereocenters. The summed E-state index contributed by atoms with van der Waals surface area (Å²) in [6.45, 7) is 11.5. The number of amides is 2. The molecule has 2 aliphatic heterocycles. The highest BCUT2D eigenvalue weighted by atomic mass is 32.2. The summed E-state index contributed by atoms with van der Waals surface area (Å²) in [6, 6.07) is -0.639. The van der Waals surface area contributed by atoms with E-state index in [4.69, 9.17) is 18.8 Å². The molecule has 0 saturated carbocycles. The number of carbonyl (C=O) groups excluding carboxylic acids is 2. The SMILES string of the molecule is CC(C)(C)OC(=O)N1CC=C[C@H]1CO.CC(C)(C)OC(=O)N1CC=C[C@H]1COS(C)(=O)=O. The average molecular weight is 477 g/mol. The molecule has 0 aliphatic carbocycles. The molecule has 32 heavy (non-hydrogen) atoms. The van der Waals surface area contributed by atoms with Crippen LogP contribution in [0.1, 0.15) is 41.5 Å². The van der Waals surface area contributed by atoms with Crippen LogP contribution >= 0.6 is 0 Å². The Labute approximate surface area is 190 Å². The van der Waals surface area contributed by atoms with Gasteiger partial charge in [0.05, 0.1) is 31.6 Å². The van der Waals surface area contributed by atoms with Gasteiger partial charge >= 0.3 is 12.2 Å². The van der Waals surface area contributed by atoms with Crippen molar-refractivity contribution in [2.45, 2.75) is 64.8 Å². The molecule has 10 nitrogen and oxygen atoms in total. The number of aliphatic hydroxyl groups excluding tert-OH is 1. The maximum Gasteiger partial charge on any atom is 0.411 e. The number of aliphatic hydroxyl groups is 1. The summed E-state index contributed by atoms with van der Waals surface area (Å²) in [4.78, 5) is 26.4.